The Morgan fingerprint density at radius 3 is 2.08 bits per heavy atom. The number of carbonyl (C=O) groups excluding carboxylic acids is 2. The van der Waals surface area contributed by atoms with Crippen molar-refractivity contribution in [2.45, 2.75) is 6.92 Å². The van der Waals surface area contributed by atoms with E-state index >= 15 is 0 Å². The molecule has 0 heterocycles. The number of nitrogens with zero attached hydrogens (tertiary/aromatic N) is 1. The third-order valence-corrected chi connectivity index (χ3v) is 3.65. The highest BCUT2D eigenvalue weighted by molar-refractivity contribution is 5.96. The van der Waals surface area contributed by atoms with E-state index in [9.17, 15) is 9.59 Å². The van der Waals surface area contributed by atoms with Gasteiger partial charge in [-0.25, -0.2) is 0 Å². The number of rotatable bonds is 9. The second kappa shape index (κ2) is 9.56. The van der Waals surface area contributed by atoms with Crippen LogP contribution in [0, 0.1) is 5.92 Å². The van der Waals surface area contributed by atoms with Gasteiger partial charge in [-0.15, -0.1) is 6.58 Å². The molecule has 138 valence electrons. The molecule has 1 amide bonds. The van der Waals surface area contributed by atoms with E-state index in [1.165, 1.54) is 33.3 Å². The first-order chi connectivity index (χ1) is 11.9. The fourth-order valence-electron chi connectivity index (χ4n) is 2.39. The Balaban J connectivity index is 3.20. The van der Waals surface area contributed by atoms with Gasteiger partial charge in [-0.3, -0.25) is 9.59 Å². The van der Waals surface area contributed by atoms with E-state index < -0.39 is 5.92 Å². The van der Waals surface area contributed by atoms with Crippen LogP contribution in [-0.2, 0) is 9.53 Å². The average molecular weight is 351 g/mol. The summed E-state index contributed by atoms with van der Waals surface area (Å²) in [5, 5.41) is 0. The Kier molecular flexibility index (Phi) is 7.78. The number of carbonyl (C=O) groups is 2. The van der Waals surface area contributed by atoms with Gasteiger partial charge in [0, 0.05) is 18.7 Å². The van der Waals surface area contributed by atoms with Gasteiger partial charge in [0.05, 0.1) is 34.4 Å². The van der Waals surface area contributed by atoms with Gasteiger partial charge >= 0.3 is 5.97 Å². The molecular formula is C18H25NO6. The van der Waals surface area contributed by atoms with Gasteiger partial charge in [-0.1, -0.05) is 13.0 Å². The minimum absolute atomic E-state index is 0.203. The van der Waals surface area contributed by atoms with E-state index in [4.69, 9.17) is 18.9 Å². The van der Waals surface area contributed by atoms with Crippen LogP contribution >= 0.6 is 0 Å². The topological polar surface area (TPSA) is 74.3 Å². The number of hydrogen-bond donors (Lipinski definition) is 0. The number of amides is 1. The summed E-state index contributed by atoms with van der Waals surface area (Å²) in [6, 6.07) is 3.14. The van der Waals surface area contributed by atoms with Crippen LogP contribution in [-0.4, -0.2) is 58.3 Å². The maximum atomic E-state index is 12.9. The van der Waals surface area contributed by atoms with Crippen molar-refractivity contribution in [1.29, 1.82) is 0 Å². The summed E-state index contributed by atoms with van der Waals surface area (Å²) in [6.07, 6.45) is 1.60. The number of methoxy groups -OCH3 is 4. The van der Waals surface area contributed by atoms with E-state index in [-0.39, 0.29) is 25.0 Å². The molecule has 7 nitrogen and oxygen atoms in total. The van der Waals surface area contributed by atoms with Gasteiger partial charge in [-0.2, -0.15) is 0 Å². The molecule has 0 aliphatic heterocycles. The maximum absolute atomic E-state index is 12.9. The molecule has 7 heteroatoms. The summed E-state index contributed by atoms with van der Waals surface area (Å²) in [7, 11) is 5.76. The lowest BCUT2D eigenvalue weighted by molar-refractivity contribution is -0.145. The molecule has 0 fully saturated rings. The van der Waals surface area contributed by atoms with Crippen molar-refractivity contribution in [3.63, 3.8) is 0 Å². The van der Waals surface area contributed by atoms with Crippen LogP contribution in [0.2, 0.25) is 0 Å². The zero-order valence-corrected chi connectivity index (χ0v) is 15.3. The average Bonchev–Trinajstić information content (AvgIpc) is 2.64. The van der Waals surface area contributed by atoms with Crippen molar-refractivity contribution in [3.05, 3.63) is 30.4 Å². The fourth-order valence-corrected chi connectivity index (χ4v) is 2.39. The van der Waals surface area contributed by atoms with Crippen LogP contribution in [0.25, 0.3) is 0 Å². The Morgan fingerprint density at radius 1 is 1.12 bits per heavy atom. The third kappa shape index (κ3) is 4.89. The number of benzene rings is 1. The van der Waals surface area contributed by atoms with Crippen LogP contribution in [0.1, 0.15) is 17.3 Å². The summed E-state index contributed by atoms with van der Waals surface area (Å²) < 4.78 is 20.5. The highest BCUT2D eigenvalue weighted by Crippen LogP contribution is 2.38. The lowest BCUT2D eigenvalue weighted by Crippen LogP contribution is -2.37. The molecule has 0 spiro atoms. The van der Waals surface area contributed by atoms with Crippen LogP contribution in [0.5, 0.6) is 17.2 Å². The third-order valence-electron chi connectivity index (χ3n) is 3.65. The van der Waals surface area contributed by atoms with Crippen molar-refractivity contribution >= 4 is 11.9 Å². The molecule has 1 unspecified atom stereocenters. The SMILES string of the molecule is C=CCN(CC(C)C(=O)OC)C(=O)c1cc(OC)c(OC)c(OC)c1. The quantitative estimate of drug-likeness (QED) is 0.501. The van der Waals surface area contributed by atoms with E-state index in [0.29, 0.717) is 22.8 Å². The lowest BCUT2D eigenvalue weighted by Gasteiger charge is -2.24. The predicted molar refractivity (Wildman–Crippen MR) is 93.4 cm³/mol. The van der Waals surface area contributed by atoms with E-state index in [1.807, 2.05) is 0 Å². The molecule has 1 atom stereocenters. The monoisotopic (exact) mass is 351 g/mol. The zero-order valence-electron chi connectivity index (χ0n) is 15.3. The van der Waals surface area contributed by atoms with Gasteiger partial charge in [0.15, 0.2) is 11.5 Å². The molecule has 0 radical (unpaired) electrons. The maximum Gasteiger partial charge on any atom is 0.310 e. The second-order valence-corrected chi connectivity index (χ2v) is 5.34. The van der Waals surface area contributed by atoms with Crippen molar-refractivity contribution in [3.8, 4) is 17.2 Å². The van der Waals surface area contributed by atoms with Crippen molar-refractivity contribution in [1.82, 2.24) is 4.90 Å². The molecule has 0 aromatic heterocycles. The first-order valence-electron chi connectivity index (χ1n) is 7.71. The summed E-state index contributed by atoms with van der Waals surface area (Å²) >= 11 is 0. The Labute approximate surface area is 148 Å². The molecular weight excluding hydrogens is 326 g/mol. The molecule has 0 N–H and O–H groups in total. The smallest absolute Gasteiger partial charge is 0.310 e. The minimum atomic E-state index is -0.462. The molecule has 25 heavy (non-hydrogen) atoms. The summed E-state index contributed by atoms with van der Waals surface area (Å²) in [5.74, 6) is 0.0342. The van der Waals surface area contributed by atoms with Gasteiger partial charge in [0.2, 0.25) is 5.75 Å². The number of hydrogen-bond acceptors (Lipinski definition) is 6. The summed E-state index contributed by atoms with van der Waals surface area (Å²) in [5.41, 5.74) is 0.355. The van der Waals surface area contributed by atoms with Crippen LogP contribution in [0.4, 0.5) is 0 Å². The molecule has 1 aromatic carbocycles. The lowest BCUT2D eigenvalue weighted by atomic mass is 10.1. The summed E-state index contributed by atoms with van der Waals surface area (Å²) in [4.78, 5) is 26.1. The Morgan fingerprint density at radius 2 is 1.68 bits per heavy atom. The molecule has 0 aliphatic carbocycles. The van der Waals surface area contributed by atoms with E-state index in [0.717, 1.165) is 0 Å². The number of ether oxygens (including phenoxy) is 4. The van der Waals surface area contributed by atoms with Crippen LogP contribution in [0.15, 0.2) is 24.8 Å². The van der Waals surface area contributed by atoms with Gasteiger partial charge in [0.1, 0.15) is 0 Å². The number of esters is 1. The van der Waals surface area contributed by atoms with Gasteiger partial charge in [0.25, 0.3) is 5.91 Å². The molecule has 1 aromatic rings. The normalized spacial score (nSPS) is 11.2. The van der Waals surface area contributed by atoms with Gasteiger partial charge in [-0.05, 0) is 12.1 Å². The van der Waals surface area contributed by atoms with Crippen molar-refractivity contribution < 1.29 is 28.5 Å². The van der Waals surface area contributed by atoms with Crippen LogP contribution in [0.3, 0.4) is 0 Å². The first kappa shape index (κ1) is 20.3. The zero-order chi connectivity index (χ0) is 19.0. The molecule has 0 saturated carbocycles. The first-order valence-corrected chi connectivity index (χ1v) is 7.71. The molecule has 0 saturated heterocycles. The predicted octanol–water partition coefficient (Wildman–Crippen LogP) is 2.15. The minimum Gasteiger partial charge on any atom is -0.493 e. The van der Waals surface area contributed by atoms with Crippen molar-refractivity contribution in [2.24, 2.45) is 5.92 Å². The highest BCUT2D eigenvalue weighted by atomic mass is 16.5. The molecule has 0 bridgehead atoms. The molecule has 0 aliphatic rings. The van der Waals surface area contributed by atoms with Crippen LogP contribution < -0.4 is 14.2 Å². The van der Waals surface area contributed by atoms with E-state index in [2.05, 4.69) is 6.58 Å². The Bertz CT molecular complexity index is 603. The fraction of sp³-hybridized carbons (Fsp3) is 0.444. The standard InChI is InChI=1S/C18H25NO6/c1-7-8-19(11-12(2)18(21)25-6)17(20)13-9-14(22-3)16(24-5)15(10-13)23-4/h7,9-10,12H,1,8,11H2,2-6H3. The van der Waals surface area contributed by atoms with Gasteiger partial charge < -0.3 is 23.8 Å². The van der Waals surface area contributed by atoms with E-state index in [1.54, 1.807) is 25.1 Å². The molecule has 1 rings (SSSR count). The Hall–Kier alpha value is -2.70. The summed E-state index contributed by atoms with van der Waals surface area (Å²) in [6.45, 7) is 5.85. The second-order valence-electron chi connectivity index (χ2n) is 5.34. The van der Waals surface area contributed by atoms with Crippen molar-refractivity contribution in [2.75, 3.05) is 41.5 Å². The highest BCUT2D eigenvalue weighted by Gasteiger charge is 2.24. The largest absolute Gasteiger partial charge is 0.493 e.